The quantitative estimate of drug-likeness (QED) is 0.713. The van der Waals surface area contributed by atoms with Crippen LogP contribution in [0.25, 0.3) is 0 Å². The normalized spacial score (nSPS) is 24.2. The number of aliphatic carboxylic acids is 1. The number of hydrogen-bond donors (Lipinski definition) is 3. The molecule has 0 aromatic heterocycles. The number of nitrogens with one attached hydrogen (secondary N) is 1. The van der Waals surface area contributed by atoms with Crippen LogP contribution in [0.5, 0.6) is 0 Å². The molecule has 3 unspecified atom stereocenters. The number of urea groups is 1. The SMILES string of the molecule is CC(C)C(CC(=O)O)NC(=O)N(C)C1CCCCC1O. The molecule has 3 atom stereocenters. The average molecular weight is 286 g/mol. The first-order chi connectivity index (χ1) is 9.32. The summed E-state index contributed by atoms with van der Waals surface area (Å²) in [5.41, 5.74) is 0. The molecule has 1 aliphatic carbocycles. The van der Waals surface area contributed by atoms with Crippen molar-refractivity contribution in [3.8, 4) is 0 Å². The molecule has 6 nitrogen and oxygen atoms in total. The number of aliphatic hydroxyl groups excluding tert-OH is 1. The van der Waals surface area contributed by atoms with E-state index in [1.165, 1.54) is 4.90 Å². The highest BCUT2D eigenvalue weighted by molar-refractivity contribution is 5.76. The summed E-state index contributed by atoms with van der Waals surface area (Å²) < 4.78 is 0. The van der Waals surface area contributed by atoms with Gasteiger partial charge in [0.2, 0.25) is 0 Å². The highest BCUT2D eigenvalue weighted by Crippen LogP contribution is 2.22. The Bertz CT molecular complexity index is 346. The minimum Gasteiger partial charge on any atom is -0.481 e. The standard InChI is InChI=1S/C14H26N2O4/c1-9(2)10(8-13(18)19)15-14(20)16(3)11-6-4-5-7-12(11)17/h9-12,17H,4-8H2,1-3H3,(H,15,20)(H,18,19). The van der Waals surface area contributed by atoms with Crippen molar-refractivity contribution in [3.05, 3.63) is 0 Å². The smallest absolute Gasteiger partial charge is 0.317 e. The summed E-state index contributed by atoms with van der Waals surface area (Å²) in [6.07, 6.45) is 2.91. The fourth-order valence-electron chi connectivity index (χ4n) is 2.60. The van der Waals surface area contributed by atoms with E-state index in [-0.39, 0.29) is 24.4 Å². The first-order valence-electron chi connectivity index (χ1n) is 7.26. The molecule has 0 bridgehead atoms. The van der Waals surface area contributed by atoms with E-state index in [1.54, 1.807) is 7.05 Å². The first kappa shape index (κ1) is 16.8. The number of carbonyl (C=O) groups excluding carboxylic acids is 1. The molecule has 6 heteroatoms. The van der Waals surface area contributed by atoms with Gasteiger partial charge in [-0.3, -0.25) is 4.79 Å². The van der Waals surface area contributed by atoms with Gasteiger partial charge in [0.1, 0.15) is 0 Å². The lowest BCUT2D eigenvalue weighted by molar-refractivity contribution is -0.137. The van der Waals surface area contributed by atoms with Crippen LogP contribution >= 0.6 is 0 Å². The highest BCUT2D eigenvalue weighted by atomic mass is 16.4. The molecule has 3 N–H and O–H groups in total. The lowest BCUT2D eigenvalue weighted by Crippen LogP contribution is -2.53. The third kappa shape index (κ3) is 4.67. The van der Waals surface area contributed by atoms with Crippen molar-refractivity contribution in [2.45, 2.75) is 64.1 Å². The summed E-state index contributed by atoms with van der Waals surface area (Å²) in [4.78, 5) is 24.5. The third-order valence-corrected chi connectivity index (χ3v) is 4.02. The fraction of sp³-hybridized carbons (Fsp3) is 0.857. The largest absolute Gasteiger partial charge is 0.481 e. The Labute approximate surface area is 120 Å². The Morgan fingerprint density at radius 2 is 1.90 bits per heavy atom. The van der Waals surface area contributed by atoms with Gasteiger partial charge in [-0.05, 0) is 18.8 Å². The van der Waals surface area contributed by atoms with Gasteiger partial charge in [0.15, 0.2) is 0 Å². The summed E-state index contributed by atoms with van der Waals surface area (Å²) >= 11 is 0. The zero-order chi connectivity index (χ0) is 15.3. The van der Waals surface area contributed by atoms with Crippen molar-refractivity contribution in [1.82, 2.24) is 10.2 Å². The Balaban J connectivity index is 2.60. The van der Waals surface area contributed by atoms with Crippen LogP contribution < -0.4 is 5.32 Å². The summed E-state index contributed by atoms with van der Waals surface area (Å²) in [5.74, 6) is -0.885. The molecular weight excluding hydrogens is 260 g/mol. The molecule has 1 aliphatic rings. The number of amides is 2. The molecule has 2 amide bonds. The van der Waals surface area contributed by atoms with E-state index >= 15 is 0 Å². The number of carboxylic acids is 1. The highest BCUT2D eigenvalue weighted by Gasteiger charge is 2.30. The Hall–Kier alpha value is -1.30. The van der Waals surface area contributed by atoms with Crippen molar-refractivity contribution < 1.29 is 19.8 Å². The fourth-order valence-corrected chi connectivity index (χ4v) is 2.60. The molecule has 0 aromatic rings. The van der Waals surface area contributed by atoms with Crippen molar-refractivity contribution in [2.24, 2.45) is 5.92 Å². The Morgan fingerprint density at radius 1 is 1.30 bits per heavy atom. The van der Waals surface area contributed by atoms with Gasteiger partial charge in [0.25, 0.3) is 0 Å². The minimum atomic E-state index is -0.927. The summed E-state index contributed by atoms with van der Waals surface area (Å²) in [7, 11) is 1.66. The van der Waals surface area contributed by atoms with E-state index in [1.807, 2.05) is 13.8 Å². The van der Waals surface area contributed by atoms with Crippen LogP contribution in [-0.4, -0.2) is 52.3 Å². The second-order valence-corrected chi connectivity index (χ2v) is 5.93. The van der Waals surface area contributed by atoms with Crippen molar-refractivity contribution in [3.63, 3.8) is 0 Å². The van der Waals surface area contributed by atoms with E-state index in [2.05, 4.69) is 5.32 Å². The first-order valence-corrected chi connectivity index (χ1v) is 7.26. The van der Waals surface area contributed by atoms with Crippen LogP contribution in [0.1, 0.15) is 46.0 Å². The van der Waals surface area contributed by atoms with Gasteiger partial charge in [-0.2, -0.15) is 0 Å². The lowest BCUT2D eigenvalue weighted by atomic mass is 9.92. The molecule has 1 saturated carbocycles. The molecular formula is C14H26N2O4. The van der Waals surface area contributed by atoms with Crippen molar-refractivity contribution in [1.29, 1.82) is 0 Å². The van der Waals surface area contributed by atoms with Gasteiger partial charge >= 0.3 is 12.0 Å². The Morgan fingerprint density at radius 3 is 2.40 bits per heavy atom. The van der Waals surface area contributed by atoms with Crippen molar-refractivity contribution >= 4 is 12.0 Å². The van der Waals surface area contributed by atoms with E-state index in [9.17, 15) is 14.7 Å². The zero-order valence-corrected chi connectivity index (χ0v) is 12.5. The number of carboxylic acid groups (broad SMARTS) is 1. The topological polar surface area (TPSA) is 89.9 Å². The maximum absolute atomic E-state index is 12.2. The second kappa shape index (κ2) is 7.47. The van der Waals surface area contributed by atoms with Gasteiger partial charge < -0.3 is 20.4 Å². The van der Waals surface area contributed by atoms with Crippen LogP contribution in [0.4, 0.5) is 4.79 Å². The molecule has 116 valence electrons. The summed E-state index contributed by atoms with van der Waals surface area (Å²) in [6, 6.07) is -0.888. The molecule has 20 heavy (non-hydrogen) atoms. The number of likely N-dealkylation sites (N-methyl/N-ethyl adjacent to an activating group) is 1. The van der Waals surface area contributed by atoms with E-state index in [0.717, 1.165) is 19.3 Å². The predicted octanol–water partition coefficient (Wildman–Crippen LogP) is 1.43. The third-order valence-electron chi connectivity index (χ3n) is 4.02. The van der Waals surface area contributed by atoms with Crippen LogP contribution in [0.2, 0.25) is 0 Å². The van der Waals surface area contributed by atoms with Crippen LogP contribution in [0, 0.1) is 5.92 Å². The van der Waals surface area contributed by atoms with Gasteiger partial charge in [0, 0.05) is 13.1 Å². The van der Waals surface area contributed by atoms with Crippen LogP contribution in [0.15, 0.2) is 0 Å². The van der Waals surface area contributed by atoms with Crippen LogP contribution in [-0.2, 0) is 4.79 Å². The van der Waals surface area contributed by atoms with E-state index < -0.39 is 18.1 Å². The molecule has 0 radical (unpaired) electrons. The van der Waals surface area contributed by atoms with E-state index in [4.69, 9.17) is 5.11 Å². The molecule has 0 heterocycles. The summed E-state index contributed by atoms with van der Waals surface area (Å²) in [6.45, 7) is 3.76. The van der Waals surface area contributed by atoms with Crippen molar-refractivity contribution in [2.75, 3.05) is 7.05 Å². The molecule has 0 saturated heterocycles. The molecule has 1 rings (SSSR count). The lowest BCUT2D eigenvalue weighted by Gasteiger charge is -2.36. The van der Waals surface area contributed by atoms with Gasteiger partial charge in [-0.25, -0.2) is 4.79 Å². The van der Waals surface area contributed by atoms with Crippen LogP contribution in [0.3, 0.4) is 0 Å². The van der Waals surface area contributed by atoms with Gasteiger partial charge in [-0.1, -0.05) is 26.7 Å². The molecule has 0 spiro atoms. The predicted molar refractivity (Wildman–Crippen MR) is 75.4 cm³/mol. The maximum Gasteiger partial charge on any atom is 0.317 e. The minimum absolute atomic E-state index is 0.0414. The van der Waals surface area contributed by atoms with E-state index in [0.29, 0.717) is 6.42 Å². The Kier molecular flexibility index (Phi) is 6.26. The molecule has 0 aromatic carbocycles. The summed E-state index contributed by atoms with van der Waals surface area (Å²) in [5, 5.41) is 21.6. The maximum atomic E-state index is 12.2. The molecule has 1 fully saturated rings. The average Bonchev–Trinajstić information content (AvgIpc) is 2.37. The number of hydrogen-bond acceptors (Lipinski definition) is 3. The monoisotopic (exact) mass is 286 g/mol. The number of aliphatic hydroxyl groups is 1. The number of nitrogens with zero attached hydrogens (tertiary/aromatic N) is 1. The number of rotatable bonds is 5. The number of carbonyl (C=O) groups is 2. The zero-order valence-electron chi connectivity index (χ0n) is 12.5. The second-order valence-electron chi connectivity index (χ2n) is 5.93. The van der Waals surface area contributed by atoms with Gasteiger partial charge in [-0.15, -0.1) is 0 Å². The van der Waals surface area contributed by atoms with Gasteiger partial charge in [0.05, 0.1) is 18.6 Å². The molecule has 0 aliphatic heterocycles.